The summed E-state index contributed by atoms with van der Waals surface area (Å²) in [4.78, 5) is 5.47. The predicted octanol–water partition coefficient (Wildman–Crippen LogP) is 4.45. The fraction of sp³-hybridized carbons (Fsp3) is 0.318. The van der Waals surface area contributed by atoms with Crippen LogP contribution >= 0.6 is 35.3 Å². The quantitative estimate of drug-likeness (QED) is 0.152. The maximum absolute atomic E-state index is 10.5. The first kappa shape index (κ1) is 23.4. The van der Waals surface area contributed by atoms with E-state index in [9.17, 15) is 10.2 Å². The summed E-state index contributed by atoms with van der Waals surface area (Å²) in [5, 5.41) is 27.5. The first-order chi connectivity index (χ1) is 13.7. The summed E-state index contributed by atoms with van der Waals surface area (Å²) in [7, 11) is 0. The van der Waals surface area contributed by atoms with Gasteiger partial charge in [-0.05, 0) is 55.0 Å². The van der Waals surface area contributed by atoms with Crippen LogP contribution in [-0.2, 0) is 6.42 Å². The number of hydrogen-bond acceptors (Lipinski definition) is 4. The van der Waals surface area contributed by atoms with Gasteiger partial charge in [0.05, 0.1) is 6.54 Å². The van der Waals surface area contributed by atoms with Gasteiger partial charge < -0.3 is 20.8 Å². The van der Waals surface area contributed by atoms with Crippen LogP contribution in [0.25, 0.3) is 10.1 Å². The van der Waals surface area contributed by atoms with Gasteiger partial charge in [-0.2, -0.15) is 0 Å². The van der Waals surface area contributed by atoms with E-state index < -0.39 is 6.10 Å². The summed E-state index contributed by atoms with van der Waals surface area (Å²) in [6, 6.07) is 17.5. The third-order valence-electron chi connectivity index (χ3n) is 4.41. The normalized spacial score (nSPS) is 12.4. The van der Waals surface area contributed by atoms with Crippen LogP contribution in [0.1, 0.15) is 29.9 Å². The first-order valence-electron chi connectivity index (χ1n) is 9.62. The van der Waals surface area contributed by atoms with Gasteiger partial charge >= 0.3 is 0 Å². The first-order valence-corrected chi connectivity index (χ1v) is 10.4. The van der Waals surface area contributed by atoms with Crippen molar-refractivity contribution >= 4 is 51.4 Å². The zero-order valence-corrected chi connectivity index (χ0v) is 19.6. The molecule has 4 N–H and O–H groups in total. The van der Waals surface area contributed by atoms with E-state index in [-0.39, 0.29) is 24.0 Å². The van der Waals surface area contributed by atoms with Crippen molar-refractivity contribution in [2.24, 2.45) is 4.99 Å². The second-order valence-electron chi connectivity index (χ2n) is 6.62. The Morgan fingerprint density at radius 1 is 1.10 bits per heavy atom. The molecule has 0 aliphatic rings. The molecule has 0 saturated heterocycles. The van der Waals surface area contributed by atoms with E-state index in [0.29, 0.717) is 18.3 Å². The van der Waals surface area contributed by atoms with E-state index in [1.807, 2.05) is 37.3 Å². The molecule has 7 heteroatoms. The third kappa shape index (κ3) is 7.17. The highest BCUT2D eigenvalue weighted by molar-refractivity contribution is 14.0. The fourth-order valence-corrected chi connectivity index (χ4v) is 3.98. The zero-order chi connectivity index (χ0) is 19.8. The number of phenolic OH excluding ortho intramolecular Hbond substituents is 1. The SMILES string of the molecule is CCNC(=NCC(O)c1cc2ccccc2s1)NCCCc1ccc(O)cc1.I. The van der Waals surface area contributed by atoms with Gasteiger partial charge in [-0.1, -0.05) is 30.3 Å². The summed E-state index contributed by atoms with van der Waals surface area (Å²) in [5.74, 6) is 1.01. The van der Waals surface area contributed by atoms with Crippen molar-refractivity contribution in [1.29, 1.82) is 0 Å². The Hall–Kier alpha value is -1.84. The van der Waals surface area contributed by atoms with E-state index in [1.165, 1.54) is 10.3 Å². The van der Waals surface area contributed by atoms with E-state index in [1.54, 1.807) is 23.5 Å². The minimum atomic E-state index is -0.607. The number of hydrogen-bond donors (Lipinski definition) is 4. The lowest BCUT2D eigenvalue weighted by atomic mass is 10.1. The van der Waals surface area contributed by atoms with Gasteiger partial charge in [0.1, 0.15) is 11.9 Å². The molecule has 1 heterocycles. The topological polar surface area (TPSA) is 76.9 Å². The molecule has 0 radical (unpaired) electrons. The number of nitrogens with one attached hydrogen (secondary N) is 2. The smallest absolute Gasteiger partial charge is 0.191 e. The monoisotopic (exact) mass is 525 g/mol. The number of aryl methyl sites for hydroxylation is 1. The maximum Gasteiger partial charge on any atom is 0.191 e. The van der Waals surface area contributed by atoms with Gasteiger partial charge in [0.25, 0.3) is 0 Å². The molecule has 0 fully saturated rings. The summed E-state index contributed by atoms with van der Waals surface area (Å²) in [5.41, 5.74) is 1.20. The minimum Gasteiger partial charge on any atom is -0.508 e. The summed E-state index contributed by atoms with van der Waals surface area (Å²) >= 11 is 1.61. The Labute approximate surface area is 192 Å². The number of fused-ring (bicyclic) bond motifs is 1. The van der Waals surface area contributed by atoms with Crippen molar-refractivity contribution in [3.05, 3.63) is 65.0 Å². The van der Waals surface area contributed by atoms with E-state index in [4.69, 9.17) is 0 Å². The third-order valence-corrected chi connectivity index (χ3v) is 5.63. The lowest BCUT2D eigenvalue weighted by molar-refractivity contribution is 0.191. The Bertz CT molecular complexity index is 879. The lowest BCUT2D eigenvalue weighted by Crippen LogP contribution is -2.38. The Kier molecular flexibility index (Phi) is 9.69. The molecule has 2 aromatic carbocycles. The molecule has 29 heavy (non-hydrogen) atoms. The predicted molar refractivity (Wildman–Crippen MR) is 133 cm³/mol. The van der Waals surface area contributed by atoms with Crippen molar-refractivity contribution in [1.82, 2.24) is 10.6 Å². The Morgan fingerprint density at radius 2 is 1.86 bits per heavy atom. The molecule has 1 aromatic heterocycles. The number of nitrogens with zero attached hydrogens (tertiary/aromatic N) is 1. The van der Waals surface area contributed by atoms with E-state index in [2.05, 4.69) is 27.8 Å². The summed E-state index contributed by atoms with van der Waals surface area (Å²) in [6.07, 6.45) is 1.27. The number of aromatic hydroxyl groups is 1. The van der Waals surface area contributed by atoms with Crippen molar-refractivity contribution in [3.8, 4) is 5.75 Å². The standard InChI is InChI=1S/C22H27N3O2S.HI/c1-2-23-22(24-13-5-6-16-9-11-18(26)12-10-16)25-15-19(27)21-14-17-7-3-4-8-20(17)28-21;/h3-4,7-12,14,19,26-27H,2,5-6,13,15H2,1H3,(H2,23,24,25);1H. The number of thiophene rings is 1. The molecule has 1 unspecified atom stereocenters. The molecular weight excluding hydrogens is 497 g/mol. The van der Waals surface area contributed by atoms with E-state index in [0.717, 1.165) is 36.2 Å². The van der Waals surface area contributed by atoms with Crippen LogP contribution in [0.5, 0.6) is 5.75 Å². The number of phenols is 1. The van der Waals surface area contributed by atoms with Gasteiger partial charge in [0.15, 0.2) is 5.96 Å². The average Bonchev–Trinajstić information content (AvgIpc) is 3.15. The van der Waals surface area contributed by atoms with Crippen molar-refractivity contribution in [3.63, 3.8) is 0 Å². The highest BCUT2D eigenvalue weighted by Crippen LogP contribution is 2.29. The molecule has 5 nitrogen and oxygen atoms in total. The number of benzene rings is 2. The average molecular weight is 525 g/mol. The largest absolute Gasteiger partial charge is 0.508 e. The molecule has 0 aliphatic carbocycles. The number of aliphatic imine (C=N–C) groups is 1. The lowest BCUT2D eigenvalue weighted by Gasteiger charge is -2.12. The van der Waals surface area contributed by atoms with Gasteiger partial charge in [-0.3, -0.25) is 4.99 Å². The molecule has 0 bridgehead atoms. The maximum atomic E-state index is 10.5. The van der Waals surface area contributed by atoms with Gasteiger partial charge in [0.2, 0.25) is 0 Å². The summed E-state index contributed by atoms with van der Waals surface area (Å²) in [6.45, 7) is 3.89. The molecular formula is C22H28IN3O2S. The van der Waals surface area contributed by atoms with Gasteiger partial charge in [0, 0.05) is 22.7 Å². The molecule has 3 aromatic rings. The van der Waals surface area contributed by atoms with Crippen LogP contribution in [0, 0.1) is 0 Å². The highest BCUT2D eigenvalue weighted by Gasteiger charge is 2.11. The zero-order valence-electron chi connectivity index (χ0n) is 16.5. The second-order valence-corrected chi connectivity index (χ2v) is 7.73. The van der Waals surface area contributed by atoms with Crippen LogP contribution in [-0.4, -0.2) is 35.8 Å². The molecule has 0 saturated carbocycles. The number of aliphatic hydroxyl groups is 1. The number of halogens is 1. The Morgan fingerprint density at radius 3 is 2.59 bits per heavy atom. The van der Waals surface area contributed by atoms with Gasteiger partial charge in [-0.25, -0.2) is 0 Å². The Balaban J connectivity index is 0.00000300. The molecule has 0 amide bonds. The fourth-order valence-electron chi connectivity index (χ4n) is 2.94. The minimum absolute atomic E-state index is 0. The molecule has 1 atom stereocenters. The summed E-state index contributed by atoms with van der Waals surface area (Å²) < 4.78 is 1.18. The second kappa shape index (κ2) is 12.0. The van der Waals surface area contributed by atoms with Crippen LogP contribution in [0.15, 0.2) is 59.6 Å². The number of rotatable bonds is 8. The van der Waals surface area contributed by atoms with Crippen LogP contribution < -0.4 is 10.6 Å². The van der Waals surface area contributed by atoms with E-state index >= 15 is 0 Å². The van der Waals surface area contributed by atoms with Gasteiger partial charge in [-0.15, -0.1) is 35.3 Å². The van der Waals surface area contributed by atoms with Crippen molar-refractivity contribution < 1.29 is 10.2 Å². The molecule has 0 spiro atoms. The van der Waals surface area contributed by atoms with Crippen LogP contribution in [0.4, 0.5) is 0 Å². The van der Waals surface area contributed by atoms with Crippen molar-refractivity contribution in [2.75, 3.05) is 19.6 Å². The molecule has 156 valence electrons. The number of aliphatic hydroxyl groups excluding tert-OH is 1. The molecule has 3 rings (SSSR count). The number of guanidine groups is 1. The van der Waals surface area contributed by atoms with Crippen molar-refractivity contribution in [2.45, 2.75) is 25.9 Å². The van der Waals surface area contributed by atoms with Crippen LogP contribution in [0.3, 0.4) is 0 Å². The highest BCUT2D eigenvalue weighted by atomic mass is 127. The van der Waals surface area contributed by atoms with Crippen LogP contribution in [0.2, 0.25) is 0 Å². The molecule has 0 aliphatic heterocycles.